The van der Waals surface area contributed by atoms with E-state index in [4.69, 9.17) is 4.74 Å². The molecule has 4 rings (SSSR count). The highest BCUT2D eigenvalue weighted by Crippen LogP contribution is 2.25. The molecule has 36 heavy (non-hydrogen) atoms. The van der Waals surface area contributed by atoms with Crippen LogP contribution in [0.15, 0.2) is 24.3 Å². The molecule has 0 saturated carbocycles. The third kappa shape index (κ3) is 9.04. The average molecular weight is 531 g/mol. The van der Waals surface area contributed by atoms with Gasteiger partial charge in [0.15, 0.2) is 0 Å². The third-order valence-electron chi connectivity index (χ3n) is 6.80. The molecule has 196 valence electrons. The highest BCUT2D eigenvalue weighted by molar-refractivity contribution is 7.14. The SMILES string of the molecule is COC(=O)c1ccc(C#CC2CCN(C)CC2)s1.COC(=O)c1ccc(CCC2CCN(C)CC2)s1. The average Bonchev–Trinajstić information content (AvgIpc) is 3.58. The molecule has 2 aromatic heterocycles. The maximum Gasteiger partial charge on any atom is 0.348 e. The van der Waals surface area contributed by atoms with Crippen molar-refractivity contribution in [3.05, 3.63) is 43.8 Å². The number of ether oxygens (including phenoxy) is 2. The Morgan fingerprint density at radius 1 is 0.861 bits per heavy atom. The van der Waals surface area contributed by atoms with Crippen molar-refractivity contribution in [1.82, 2.24) is 9.80 Å². The lowest BCUT2D eigenvalue weighted by atomic mass is 9.92. The van der Waals surface area contributed by atoms with E-state index in [1.165, 1.54) is 62.8 Å². The second-order valence-corrected chi connectivity index (χ2v) is 11.8. The van der Waals surface area contributed by atoms with Crippen LogP contribution in [0.1, 0.15) is 61.2 Å². The van der Waals surface area contributed by atoms with Crippen molar-refractivity contribution in [3.63, 3.8) is 0 Å². The summed E-state index contributed by atoms with van der Waals surface area (Å²) in [5.41, 5.74) is 0. The van der Waals surface area contributed by atoms with E-state index in [2.05, 4.69) is 46.5 Å². The first-order valence-corrected chi connectivity index (χ1v) is 14.2. The van der Waals surface area contributed by atoms with Crippen LogP contribution in [0.4, 0.5) is 0 Å². The van der Waals surface area contributed by atoms with Crippen molar-refractivity contribution in [3.8, 4) is 11.8 Å². The lowest BCUT2D eigenvalue weighted by Crippen LogP contribution is -2.30. The molecule has 0 amide bonds. The summed E-state index contributed by atoms with van der Waals surface area (Å²) < 4.78 is 9.40. The van der Waals surface area contributed by atoms with Crippen LogP contribution in [0.2, 0.25) is 0 Å². The minimum atomic E-state index is -0.285. The summed E-state index contributed by atoms with van der Waals surface area (Å²) in [6.45, 7) is 4.69. The minimum Gasteiger partial charge on any atom is -0.465 e. The monoisotopic (exact) mass is 530 g/mol. The van der Waals surface area contributed by atoms with Crippen LogP contribution in [0.3, 0.4) is 0 Å². The lowest BCUT2D eigenvalue weighted by Gasteiger charge is -2.28. The number of thiophene rings is 2. The molecule has 0 spiro atoms. The van der Waals surface area contributed by atoms with E-state index < -0.39 is 0 Å². The zero-order chi connectivity index (χ0) is 25.9. The van der Waals surface area contributed by atoms with Crippen molar-refractivity contribution in [2.75, 3.05) is 54.5 Å². The van der Waals surface area contributed by atoms with Crippen LogP contribution in [0.5, 0.6) is 0 Å². The topological polar surface area (TPSA) is 59.1 Å². The highest BCUT2D eigenvalue weighted by atomic mass is 32.1. The van der Waals surface area contributed by atoms with E-state index in [0.29, 0.717) is 10.8 Å². The normalized spacial score (nSPS) is 17.4. The lowest BCUT2D eigenvalue weighted by molar-refractivity contribution is 0.0597. The first kappa shape index (κ1) is 28.4. The molecule has 4 heterocycles. The van der Waals surface area contributed by atoms with Crippen LogP contribution >= 0.6 is 22.7 Å². The molecule has 2 aliphatic rings. The van der Waals surface area contributed by atoms with Gasteiger partial charge in [-0.25, -0.2) is 9.59 Å². The first-order valence-electron chi connectivity index (χ1n) is 12.6. The van der Waals surface area contributed by atoms with E-state index in [0.717, 1.165) is 48.0 Å². The summed E-state index contributed by atoms with van der Waals surface area (Å²) in [7, 11) is 7.16. The Kier molecular flexibility index (Phi) is 11.5. The number of aryl methyl sites for hydroxylation is 1. The molecule has 8 heteroatoms. The van der Waals surface area contributed by atoms with Crippen molar-refractivity contribution < 1.29 is 19.1 Å². The first-order chi connectivity index (χ1) is 17.4. The molecule has 0 aliphatic carbocycles. The maximum atomic E-state index is 11.4. The maximum absolute atomic E-state index is 11.4. The number of methoxy groups -OCH3 is 2. The van der Waals surface area contributed by atoms with E-state index in [9.17, 15) is 9.59 Å². The number of carbonyl (C=O) groups excluding carboxylic acids is 2. The van der Waals surface area contributed by atoms with Crippen LogP contribution in [-0.4, -0.2) is 76.2 Å². The Morgan fingerprint density at radius 3 is 2.03 bits per heavy atom. The number of likely N-dealkylation sites (tertiary alicyclic amines) is 2. The van der Waals surface area contributed by atoms with E-state index >= 15 is 0 Å². The third-order valence-corrected chi connectivity index (χ3v) is 8.90. The molecular formula is C28H38N2O4S2. The minimum absolute atomic E-state index is 0.217. The summed E-state index contributed by atoms with van der Waals surface area (Å²) >= 11 is 2.97. The molecule has 6 nitrogen and oxygen atoms in total. The van der Waals surface area contributed by atoms with Gasteiger partial charge in [0, 0.05) is 10.8 Å². The molecule has 2 saturated heterocycles. The van der Waals surface area contributed by atoms with E-state index in [1.54, 1.807) is 17.4 Å². The van der Waals surface area contributed by atoms with Gasteiger partial charge in [-0.2, -0.15) is 0 Å². The van der Waals surface area contributed by atoms with Crippen LogP contribution in [0, 0.1) is 23.7 Å². The van der Waals surface area contributed by atoms with Gasteiger partial charge >= 0.3 is 11.9 Å². The van der Waals surface area contributed by atoms with Gasteiger partial charge in [-0.1, -0.05) is 11.8 Å². The van der Waals surface area contributed by atoms with Crippen molar-refractivity contribution in [2.24, 2.45) is 11.8 Å². The zero-order valence-corrected chi connectivity index (χ0v) is 23.5. The Labute approximate surface area is 223 Å². The summed E-state index contributed by atoms with van der Waals surface area (Å²) in [4.78, 5) is 31.0. The molecular weight excluding hydrogens is 492 g/mol. The predicted molar refractivity (Wildman–Crippen MR) is 147 cm³/mol. The summed E-state index contributed by atoms with van der Waals surface area (Å²) in [6, 6.07) is 7.60. The molecule has 0 N–H and O–H groups in total. The van der Waals surface area contributed by atoms with Gasteiger partial charge in [-0.05, 0) is 109 Å². The van der Waals surface area contributed by atoms with Gasteiger partial charge in [0.25, 0.3) is 0 Å². The molecule has 0 unspecified atom stereocenters. The Bertz CT molecular complexity index is 1040. The second kappa shape index (κ2) is 14.5. The van der Waals surface area contributed by atoms with Crippen molar-refractivity contribution >= 4 is 34.6 Å². The van der Waals surface area contributed by atoms with Crippen molar-refractivity contribution in [1.29, 1.82) is 0 Å². The quantitative estimate of drug-likeness (QED) is 0.399. The van der Waals surface area contributed by atoms with Gasteiger partial charge < -0.3 is 19.3 Å². The Morgan fingerprint density at radius 2 is 1.42 bits per heavy atom. The van der Waals surface area contributed by atoms with Crippen LogP contribution < -0.4 is 0 Å². The number of esters is 2. The van der Waals surface area contributed by atoms with Crippen LogP contribution in [-0.2, 0) is 15.9 Å². The standard InChI is InChI=1S/C14H21NO2S.C14H17NO2S/c2*1-15-9-7-11(8-10-15)3-4-12-5-6-13(18-12)14(16)17-2/h5-6,11H,3-4,7-10H2,1-2H3;5-6,11H,7-10H2,1-2H3. The molecule has 0 aromatic carbocycles. The fourth-order valence-corrected chi connectivity index (χ4v) is 6.09. The van der Waals surface area contributed by atoms with E-state index in [-0.39, 0.29) is 11.9 Å². The molecule has 0 bridgehead atoms. The molecule has 2 aliphatic heterocycles. The number of piperidine rings is 2. The Hall–Kier alpha value is -2.18. The van der Waals surface area contributed by atoms with E-state index in [1.807, 2.05) is 12.1 Å². The van der Waals surface area contributed by atoms with Crippen molar-refractivity contribution in [2.45, 2.75) is 38.5 Å². The predicted octanol–water partition coefficient (Wildman–Crippen LogP) is 5.04. The van der Waals surface area contributed by atoms with Gasteiger partial charge in [0.05, 0.1) is 19.1 Å². The Balaban J connectivity index is 0.000000201. The zero-order valence-electron chi connectivity index (χ0n) is 21.9. The molecule has 2 aromatic rings. The summed E-state index contributed by atoms with van der Waals surface area (Å²) in [6.07, 6.45) is 7.24. The van der Waals surface area contributed by atoms with Gasteiger partial charge in [-0.15, -0.1) is 22.7 Å². The summed E-state index contributed by atoms with van der Waals surface area (Å²) in [5.74, 6) is 7.32. The van der Waals surface area contributed by atoms with Crippen LogP contribution in [0.25, 0.3) is 0 Å². The highest BCUT2D eigenvalue weighted by Gasteiger charge is 2.17. The fraction of sp³-hybridized carbons (Fsp3) is 0.571. The van der Waals surface area contributed by atoms with Gasteiger partial charge in [0.1, 0.15) is 9.75 Å². The number of hydrogen-bond acceptors (Lipinski definition) is 8. The number of rotatable bonds is 5. The molecule has 0 radical (unpaired) electrons. The van der Waals surface area contributed by atoms with Gasteiger partial charge in [0.2, 0.25) is 0 Å². The largest absolute Gasteiger partial charge is 0.465 e. The number of nitrogens with zero attached hydrogens (tertiary/aromatic N) is 2. The molecule has 2 fully saturated rings. The number of carbonyl (C=O) groups is 2. The smallest absolute Gasteiger partial charge is 0.348 e. The fourth-order valence-electron chi connectivity index (χ4n) is 4.36. The second-order valence-electron chi connectivity index (χ2n) is 9.55. The number of hydrogen-bond donors (Lipinski definition) is 0. The summed E-state index contributed by atoms with van der Waals surface area (Å²) in [5, 5.41) is 0. The van der Waals surface area contributed by atoms with Gasteiger partial charge in [-0.3, -0.25) is 0 Å². The molecule has 0 atom stereocenters.